The fourth-order valence-corrected chi connectivity index (χ4v) is 2.47. The van der Waals surface area contributed by atoms with Crippen LogP contribution in [0, 0.1) is 5.92 Å². The summed E-state index contributed by atoms with van der Waals surface area (Å²) in [5.41, 5.74) is 6.59. The van der Waals surface area contributed by atoms with E-state index < -0.39 is 5.54 Å². The summed E-state index contributed by atoms with van der Waals surface area (Å²) >= 11 is 0. The Bertz CT molecular complexity index is 440. The third kappa shape index (κ3) is 4.05. The molecule has 1 aliphatic rings. The van der Waals surface area contributed by atoms with Gasteiger partial charge in [0.2, 0.25) is 5.91 Å². The molecule has 0 radical (unpaired) electrons. The van der Waals surface area contributed by atoms with Gasteiger partial charge in [-0.15, -0.1) is 0 Å². The summed E-state index contributed by atoms with van der Waals surface area (Å²) in [6.45, 7) is 4.99. The van der Waals surface area contributed by atoms with E-state index in [4.69, 9.17) is 10.5 Å². The molecule has 1 fully saturated rings. The highest BCUT2D eigenvalue weighted by atomic mass is 16.5. The lowest BCUT2D eigenvalue weighted by atomic mass is 9.88. The Morgan fingerprint density at radius 1 is 1.40 bits per heavy atom. The monoisotopic (exact) mass is 276 g/mol. The van der Waals surface area contributed by atoms with Gasteiger partial charge in [0.15, 0.2) is 0 Å². The minimum Gasteiger partial charge on any atom is -0.373 e. The lowest BCUT2D eigenvalue weighted by molar-refractivity contribution is -0.135. The predicted octanol–water partition coefficient (Wildman–Crippen LogP) is 2.01. The van der Waals surface area contributed by atoms with Crippen LogP contribution in [-0.2, 0) is 9.53 Å². The Labute approximate surface area is 120 Å². The number of carbonyl (C=O) groups is 1. The van der Waals surface area contributed by atoms with Crippen molar-refractivity contribution in [3.05, 3.63) is 35.9 Å². The maximum atomic E-state index is 12.4. The highest BCUT2D eigenvalue weighted by Crippen LogP contribution is 2.33. The fourth-order valence-electron chi connectivity index (χ4n) is 2.47. The van der Waals surface area contributed by atoms with Crippen molar-refractivity contribution in [2.75, 3.05) is 13.2 Å². The Morgan fingerprint density at radius 3 is 2.75 bits per heavy atom. The van der Waals surface area contributed by atoms with E-state index in [1.54, 1.807) is 0 Å². The lowest BCUT2D eigenvalue weighted by Gasteiger charge is -2.32. The van der Waals surface area contributed by atoms with E-state index >= 15 is 0 Å². The van der Waals surface area contributed by atoms with Gasteiger partial charge in [-0.2, -0.15) is 0 Å². The van der Waals surface area contributed by atoms with Crippen molar-refractivity contribution >= 4 is 5.91 Å². The second-order valence-corrected chi connectivity index (χ2v) is 6.16. The molecule has 0 spiro atoms. The van der Waals surface area contributed by atoms with Crippen molar-refractivity contribution < 1.29 is 9.53 Å². The zero-order valence-corrected chi connectivity index (χ0v) is 12.3. The summed E-state index contributed by atoms with van der Waals surface area (Å²) in [5, 5.41) is 2.95. The van der Waals surface area contributed by atoms with Gasteiger partial charge in [-0.1, -0.05) is 30.3 Å². The van der Waals surface area contributed by atoms with Gasteiger partial charge in [-0.3, -0.25) is 4.79 Å². The molecule has 0 aliphatic carbocycles. The number of benzene rings is 1. The van der Waals surface area contributed by atoms with E-state index in [-0.39, 0.29) is 17.9 Å². The molecule has 1 heterocycles. The van der Waals surface area contributed by atoms with Crippen LogP contribution >= 0.6 is 0 Å². The van der Waals surface area contributed by atoms with Gasteiger partial charge in [0.05, 0.1) is 12.0 Å². The summed E-state index contributed by atoms with van der Waals surface area (Å²) in [5.74, 6) is -0.0921. The summed E-state index contributed by atoms with van der Waals surface area (Å²) in [7, 11) is 0. The first-order chi connectivity index (χ1) is 9.47. The molecule has 4 nitrogen and oxygen atoms in total. The first kappa shape index (κ1) is 15.0. The number of amides is 1. The number of hydrogen-bond donors (Lipinski definition) is 2. The Kier molecular flexibility index (Phi) is 4.78. The third-order valence-electron chi connectivity index (χ3n) is 3.51. The molecule has 1 saturated heterocycles. The maximum Gasteiger partial charge on any atom is 0.226 e. The molecule has 2 rings (SSSR count). The van der Waals surface area contributed by atoms with E-state index in [0.717, 1.165) is 18.4 Å². The average Bonchev–Trinajstić information content (AvgIpc) is 2.45. The van der Waals surface area contributed by atoms with Crippen LogP contribution in [0.2, 0.25) is 0 Å². The fraction of sp³-hybridized carbons (Fsp3) is 0.562. The molecule has 0 aromatic heterocycles. The number of ether oxygens (including phenoxy) is 1. The van der Waals surface area contributed by atoms with Crippen LogP contribution in [0.25, 0.3) is 0 Å². The number of rotatable bonds is 4. The first-order valence-electron chi connectivity index (χ1n) is 7.20. The smallest absolute Gasteiger partial charge is 0.226 e. The predicted molar refractivity (Wildman–Crippen MR) is 79.1 cm³/mol. The molecule has 3 N–H and O–H groups in total. The minimum atomic E-state index is -0.395. The number of carbonyl (C=O) groups excluding carboxylic acids is 1. The second-order valence-electron chi connectivity index (χ2n) is 6.16. The van der Waals surface area contributed by atoms with Crippen molar-refractivity contribution in [2.45, 2.75) is 38.3 Å². The van der Waals surface area contributed by atoms with Crippen LogP contribution < -0.4 is 11.1 Å². The van der Waals surface area contributed by atoms with Crippen molar-refractivity contribution in [3.8, 4) is 0 Å². The number of hydrogen-bond acceptors (Lipinski definition) is 3. The summed E-state index contributed by atoms with van der Waals surface area (Å²) < 4.78 is 5.84. The Hall–Kier alpha value is -1.39. The zero-order chi connectivity index (χ0) is 14.6. The van der Waals surface area contributed by atoms with Gasteiger partial charge < -0.3 is 15.8 Å². The normalized spacial score (nSPS) is 23.4. The quantitative estimate of drug-likeness (QED) is 0.884. The van der Waals surface area contributed by atoms with E-state index in [9.17, 15) is 4.79 Å². The highest BCUT2D eigenvalue weighted by Gasteiger charge is 2.33. The van der Waals surface area contributed by atoms with E-state index in [0.29, 0.717) is 13.2 Å². The summed E-state index contributed by atoms with van der Waals surface area (Å²) in [6.07, 6.45) is 1.63. The molecule has 110 valence electrons. The molecule has 0 bridgehead atoms. The zero-order valence-electron chi connectivity index (χ0n) is 12.3. The van der Waals surface area contributed by atoms with Crippen molar-refractivity contribution in [3.63, 3.8) is 0 Å². The number of nitrogens with one attached hydrogen (secondary N) is 1. The summed E-state index contributed by atoms with van der Waals surface area (Å²) in [6, 6.07) is 9.96. The summed E-state index contributed by atoms with van der Waals surface area (Å²) in [4.78, 5) is 12.4. The highest BCUT2D eigenvalue weighted by molar-refractivity contribution is 5.79. The van der Waals surface area contributed by atoms with Crippen molar-refractivity contribution in [1.82, 2.24) is 5.32 Å². The van der Waals surface area contributed by atoms with Gasteiger partial charge in [-0.05, 0) is 32.3 Å². The SMILES string of the molecule is CC(C)(N)CNC(=O)C1CCCOC1c1ccccc1. The topological polar surface area (TPSA) is 64.3 Å². The van der Waals surface area contributed by atoms with Crippen molar-refractivity contribution in [2.24, 2.45) is 11.7 Å². The minimum absolute atomic E-state index is 0.0390. The Balaban J connectivity index is 2.05. The molecule has 1 aromatic carbocycles. The molecule has 2 unspecified atom stereocenters. The molecular formula is C16H24N2O2. The largest absolute Gasteiger partial charge is 0.373 e. The van der Waals surface area contributed by atoms with Crippen LogP contribution in [0.5, 0.6) is 0 Å². The standard InChI is InChI=1S/C16H24N2O2/c1-16(2,17)11-18-15(19)13-9-6-10-20-14(13)12-7-4-3-5-8-12/h3-5,7-8,13-14H,6,9-11,17H2,1-2H3,(H,18,19). The number of nitrogens with two attached hydrogens (primary N) is 1. The maximum absolute atomic E-state index is 12.4. The molecule has 0 saturated carbocycles. The van der Waals surface area contributed by atoms with Crippen LogP contribution in [0.3, 0.4) is 0 Å². The molecule has 20 heavy (non-hydrogen) atoms. The molecular weight excluding hydrogens is 252 g/mol. The third-order valence-corrected chi connectivity index (χ3v) is 3.51. The second kappa shape index (κ2) is 6.37. The van der Waals surface area contributed by atoms with Crippen LogP contribution in [-0.4, -0.2) is 24.6 Å². The van der Waals surface area contributed by atoms with Crippen LogP contribution in [0.4, 0.5) is 0 Å². The van der Waals surface area contributed by atoms with Crippen LogP contribution in [0.15, 0.2) is 30.3 Å². The van der Waals surface area contributed by atoms with Gasteiger partial charge >= 0.3 is 0 Å². The van der Waals surface area contributed by atoms with Gasteiger partial charge in [0.1, 0.15) is 0 Å². The van der Waals surface area contributed by atoms with Crippen LogP contribution in [0.1, 0.15) is 38.4 Å². The van der Waals surface area contributed by atoms with Gasteiger partial charge in [0.25, 0.3) is 0 Å². The lowest BCUT2D eigenvalue weighted by Crippen LogP contribution is -2.48. The first-order valence-corrected chi connectivity index (χ1v) is 7.20. The molecule has 1 aliphatic heterocycles. The van der Waals surface area contributed by atoms with Crippen molar-refractivity contribution in [1.29, 1.82) is 0 Å². The van der Waals surface area contributed by atoms with E-state index in [1.807, 2.05) is 44.2 Å². The molecule has 4 heteroatoms. The van der Waals surface area contributed by atoms with E-state index in [1.165, 1.54) is 0 Å². The van der Waals surface area contributed by atoms with Gasteiger partial charge in [0, 0.05) is 18.7 Å². The molecule has 1 amide bonds. The molecule has 1 aromatic rings. The van der Waals surface area contributed by atoms with E-state index in [2.05, 4.69) is 5.32 Å². The Morgan fingerprint density at radius 2 is 2.10 bits per heavy atom. The average molecular weight is 276 g/mol. The van der Waals surface area contributed by atoms with Gasteiger partial charge in [-0.25, -0.2) is 0 Å². The molecule has 2 atom stereocenters.